The first-order chi connectivity index (χ1) is 16.7. The Hall–Kier alpha value is -3.84. The summed E-state index contributed by atoms with van der Waals surface area (Å²) >= 11 is 0. The Morgan fingerprint density at radius 1 is 1.21 bits per heavy atom. The molecule has 0 bridgehead atoms. The zero-order valence-corrected chi connectivity index (χ0v) is 19.8. The number of hydrogen-bond donors (Lipinski definition) is 1. The molecule has 2 N–H and O–H groups in total. The summed E-state index contributed by atoms with van der Waals surface area (Å²) in [4.78, 5) is 18.4. The molecule has 1 unspecified atom stereocenters. The average Bonchev–Trinajstić information content (AvgIpc) is 3.39. The topological polar surface area (TPSA) is 94.9 Å². The van der Waals surface area contributed by atoms with E-state index in [1.54, 1.807) is 17.9 Å². The molecule has 1 aliphatic rings. The second-order valence-corrected chi connectivity index (χ2v) is 7.52. The van der Waals surface area contributed by atoms with Gasteiger partial charge in [-0.25, -0.2) is 4.68 Å². The summed E-state index contributed by atoms with van der Waals surface area (Å²) in [5.74, 6) is 0. The third kappa shape index (κ3) is 10.2. The van der Waals surface area contributed by atoms with Crippen LogP contribution in [0.3, 0.4) is 0 Å². The zero-order chi connectivity index (χ0) is 24.4. The van der Waals surface area contributed by atoms with Crippen molar-refractivity contribution in [2.45, 2.75) is 25.8 Å². The number of fused-ring (bicyclic) bond motifs is 1. The van der Waals surface area contributed by atoms with Crippen LogP contribution in [0.1, 0.15) is 30.1 Å². The number of ether oxygens (including phenoxy) is 1. The lowest BCUT2D eigenvalue weighted by atomic mass is 10.1. The molecule has 7 heteroatoms. The Morgan fingerprint density at radius 3 is 2.68 bits per heavy atom. The standard InChI is InChI=1S/C11H8O.C10H13N3.C6H12N2O/c12-8-9-5-6-10-3-1-2-4-11(10)7-9;1-10(9-11-2)5-3-7-13-8-4-6-12-13;7-5-8-6-2-1-3-9-4-6/h1-8H;3-9H,1-2H3;5-6H,1-4H2,(H2,7,8)/b;7-3+,10-5-,11-9?;. The maximum Gasteiger partial charge on any atom is 0.150 e. The highest BCUT2D eigenvalue weighted by atomic mass is 16.5. The van der Waals surface area contributed by atoms with Gasteiger partial charge in [0.25, 0.3) is 0 Å². The highest BCUT2D eigenvalue weighted by Gasteiger charge is 2.10. The van der Waals surface area contributed by atoms with Crippen molar-refractivity contribution in [1.29, 1.82) is 0 Å². The minimum absolute atomic E-state index is 0.323. The van der Waals surface area contributed by atoms with Gasteiger partial charge < -0.3 is 10.5 Å². The normalized spacial score (nSPS) is 16.3. The van der Waals surface area contributed by atoms with Crippen molar-refractivity contribution in [3.63, 3.8) is 0 Å². The average molecular weight is 460 g/mol. The van der Waals surface area contributed by atoms with Crippen LogP contribution >= 0.6 is 0 Å². The van der Waals surface area contributed by atoms with Crippen LogP contribution < -0.4 is 5.73 Å². The molecule has 0 saturated carbocycles. The van der Waals surface area contributed by atoms with Crippen LogP contribution in [0.5, 0.6) is 0 Å². The number of nitrogens with two attached hydrogens (primary N) is 1. The van der Waals surface area contributed by atoms with Crippen LogP contribution in [0, 0.1) is 0 Å². The van der Waals surface area contributed by atoms with Gasteiger partial charge in [-0.2, -0.15) is 5.10 Å². The minimum Gasteiger partial charge on any atom is -0.390 e. The van der Waals surface area contributed by atoms with E-state index in [4.69, 9.17) is 10.5 Å². The first-order valence-electron chi connectivity index (χ1n) is 11.2. The largest absolute Gasteiger partial charge is 0.390 e. The van der Waals surface area contributed by atoms with E-state index in [-0.39, 0.29) is 0 Å². The molecule has 1 aromatic heterocycles. The predicted octanol–water partition coefficient (Wildman–Crippen LogP) is 4.81. The van der Waals surface area contributed by atoms with Gasteiger partial charge in [-0.1, -0.05) is 42.5 Å². The number of aliphatic imine (C=N–C) groups is 2. The van der Waals surface area contributed by atoms with Crippen molar-refractivity contribution in [3.8, 4) is 0 Å². The van der Waals surface area contributed by atoms with Gasteiger partial charge in [-0.3, -0.25) is 14.8 Å². The maximum absolute atomic E-state index is 10.5. The molecule has 0 aliphatic carbocycles. The summed E-state index contributed by atoms with van der Waals surface area (Å²) in [5.41, 5.74) is 6.96. The fourth-order valence-electron chi connectivity index (χ4n) is 3.14. The van der Waals surface area contributed by atoms with Gasteiger partial charge in [0, 0.05) is 44.0 Å². The molecule has 1 fully saturated rings. The van der Waals surface area contributed by atoms with E-state index in [1.165, 1.54) is 11.7 Å². The summed E-state index contributed by atoms with van der Waals surface area (Å²) in [6.45, 7) is 3.63. The second kappa shape index (κ2) is 15.9. The molecule has 7 nitrogen and oxygen atoms in total. The maximum atomic E-state index is 10.5. The van der Waals surface area contributed by atoms with Crippen LogP contribution in [-0.2, 0) is 4.74 Å². The number of nitrogens with zero attached hydrogens (tertiary/aromatic N) is 4. The molecular formula is C27H33N5O2. The van der Waals surface area contributed by atoms with Crippen molar-refractivity contribution in [1.82, 2.24) is 9.78 Å². The number of hydrogen-bond acceptors (Lipinski definition) is 5. The summed E-state index contributed by atoms with van der Waals surface area (Å²) in [6.07, 6.45) is 15.7. The highest BCUT2D eigenvalue weighted by molar-refractivity contribution is 5.88. The van der Waals surface area contributed by atoms with Crippen LogP contribution in [-0.4, -0.2) is 54.9 Å². The number of carbonyl (C=O) groups excluding carboxylic acids is 1. The third-order valence-electron chi connectivity index (χ3n) is 4.80. The van der Waals surface area contributed by atoms with Gasteiger partial charge in [0.15, 0.2) is 0 Å². The molecule has 1 aliphatic heterocycles. The Balaban J connectivity index is 0.000000183. The molecule has 1 saturated heterocycles. The molecule has 2 aromatic carbocycles. The molecule has 4 rings (SSSR count). The van der Waals surface area contributed by atoms with Crippen molar-refractivity contribution in [2.24, 2.45) is 15.7 Å². The predicted molar refractivity (Wildman–Crippen MR) is 142 cm³/mol. The summed E-state index contributed by atoms with van der Waals surface area (Å²) in [5, 5.41) is 6.31. The molecule has 0 amide bonds. The molecule has 34 heavy (non-hydrogen) atoms. The van der Waals surface area contributed by atoms with Crippen LogP contribution in [0.15, 0.2) is 88.6 Å². The quantitative estimate of drug-likeness (QED) is 0.256. The van der Waals surface area contributed by atoms with Crippen molar-refractivity contribution >= 4 is 35.8 Å². The molecule has 1 atom stereocenters. The Labute approximate surface area is 201 Å². The van der Waals surface area contributed by atoms with E-state index in [0.717, 1.165) is 48.9 Å². The Kier molecular flexibility index (Phi) is 12.3. The monoisotopic (exact) mass is 459 g/mol. The lowest BCUT2D eigenvalue weighted by Crippen LogP contribution is -2.21. The number of benzene rings is 2. The van der Waals surface area contributed by atoms with E-state index in [2.05, 4.69) is 15.1 Å². The molecule has 0 radical (unpaired) electrons. The number of aldehydes is 1. The fourth-order valence-corrected chi connectivity index (χ4v) is 3.14. The van der Waals surface area contributed by atoms with Crippen LogP contribution in [0.4, 0.5) is 0 Å². The SMILES string of the molecule is CN=C/C(C)=C\C=C\n1cccn1.NC=NC1CCCOC1.O=Cc1ccc2ccccc2c1. The number of allylic oxidation sites excluding steroid dienone is 3. The number of aromatic nitrogens is 2. The fraction of sp³-hybridized carbons (Fsp3) is 0.259. The summed E-state index contributed by atoms with van der Waals surface area (Å²) in [6, 6.07) is 15.9. The number of rotatable bonds is 5. The number of carbonyl (C=O) groups is 1. The highest BCUT2D eigenvalue weighted by Crippen LogP contribution is 2.14. The third-order valence-corrected chi connectivity index (χ3v) is 4.80. The smallest absolute Gasteiger partial charge is 0.150 e. The van der Waals surface area contributed by atoms with Gasteiger partial charge in [0.1, 0.15) is 6.29 Å². The Morgan fingerprint density at radius 2 is 2.03 bits per heavy atom. The van der Waals surface area contributed by atoms with Gasteiger partial charge in [-0.05, 0) is 54.3 Å². The van der Waals surface area contributed by atoms with Gasteiger partial charge >= 0.3 is 0 Å². The molecule has 2 heterocycles. The summed E-state index contributed by atoms with van der Waals surface area (Å²) in [7, 11) is 1.76. The molecule has 0 spiro atoms. The minimum atomic E-state index is 0.323. The molecule has 178 valence electrons. The first-order valence-corrected chi connectivity index (χ1v) is 11.2. The zero-order valence-electron chi connectivity index (χ0n) is 19.8. The van der Waals surface area contributed by atoms with E-state index in [1.807, 2.05) is 86.2 Å². The van der Waals surface area contributed by atoms with Crippen molar-refractivity contribution in [2.75, 3.05) is 20.3 Å². The molecular weight excluding hydrogens is 426 g/mol. The Bertz CT molecular complexity index is 1100. The second-order valence-electron chi connectivity index (χ2n) is 7.52. The summed E-state index contributed by atoms with van der Waals surface area (Å²) < 4.78 is 6.91. The van der Waals surface area contributed by atoms with Crippen LogP contribution in [0.25, 0.3) is 17.0 Å². The van der Waals surface area contributed by atoms with E-state index in [9.17, 15) is 4.79 Å². The van der Waals surface area contributed by atoms with Gasteiger partial charge in [-0.15, -0.1) is 0 Å². The van der Waals surface area contributed by atoms with Gasteiger partial charge in [0.05, 0.1) is 19.0 Å². The first kappa shape index (κ1) is 26.4. The van der Waals surface area contributed by atoms with Gasteiger partial charge in [0.2, 0.25) is 0 Å². The van der Waals surface area contributed by atoms with E-state index >= 15 is 0 Å². The molecule has 3 aromatic rings. The van der Waals surface area contributed by atoms with E-state index < -0.39 is 0 Å². The van der Waals surface area contributed by atoms with Crippen LogP contribution in [0.2, 0.25) is 0 Å². The lowest BCUT2D eigenvalue weighted by molar-refractivity contribution is 0.0830. The lowest BCUT2D eigenvalue weighted by Gasteiger charge is -2.17. The van der Waals surface area contributed by atoms with Crippen molar-refractivity contribution in [3.05, 3.63) is 84.2 Å². The van der Waals surface area contributed by atoms with Crippen molar-refractivity contribution < 1.29 is 9.53 Å². The van der Waals surface area contributed by atoms with E-state index in [0.29, 0.717) is 6.04 Å².